The van der Waals surface area contributed by atoms with Gasteiger partial charge in [-0.1, -0.05) is 30.3 Å². The summed E-state index contributed by atoms with van der Waals surface area (Å²) in [5.41, 5.74) is 0.680. The molecular weight excluding hydrogens is 242 g/mol. The van der Waals surface area contributed by atoms with E-state index in [0.717, 1.165) is 0 Å². The summed E-state index contributed by atoms with van der Waals surface area (Å²) in [6.45, 7) is -0.101. The van der Waals surface area contributed by atoms with E-state index in [2.05, 4.69) is 0 Å². The SMILES string of the molecule is O=CN(OCc1ccccc1)C(C(=O)O)C(=O)O. The van der Waals surface area contributed by atoms with Crippen molar-refractivity contribution in [3.8, 4) is 0 Å². The zero-order valence-corrected chi connectivity index (χ0v) is 9.22. The van der Waals surface area contributed by atoms with Gasteiger partial charge >= 0.3 is 11.9 Å². The second-order valence-corrected chi connectivity index (χ2v) is 3.30. The van der Waals surface area contributed by atoms with Crippen LogP contribution in [0.25, 0.3) is 0 Å². The number of carbonyl (C=O) groups excluding carboxylic acids is 1. The highest BCUT2D eigenvalue weighted by molar-refractivity contribution is 5.98. The quantitative estimate of drug-likeness (QED) is 0.406. The van der Waals surface area contributed by atoms with Crippen LogP contribution < -0.4 is 0 Å². The molecule has 0 aliphatic heterocycles. The molecular formula is C11H11NO6. The van der Waals surface area contributed by atoms with Crippen LogP contribution in [0.5, 0.6) is 0 Å². The van der Waals surface area contributed by atoms with Crippen molar-refractivity contribution in [2.24, 2.45) is 0 Å². The number of rotatable bonds is 7. The van der Waals surface area contributed by atoms with Gasteiger partial charge in [-0.25, -0.2) is 9.59 Å². The first-order valence-electron chi connectivity index (χ1n) is 4.92. The summed E-state index contributed by atoms with van der Waals surface area (Å²) >= 11 is 0. The zero-order chi connectivity index (χ0) is 13.5. The lowest BCUT2D eigenvalue weighted by molar-refractivity contribution is -0.206. The molecule has 0 heterocycles. The number of carbonyl (C=O) groups is 3. The number of hydrogen-bond donors (Lipinski definition) is 2. The van der Waals surface area contributed by atoms with Crippen molar-refractivity contribution >= 4 is 18.3 Å². The molecule has 0 aliphatic rings. The van der Waals surface area contributed by atoms with Crippen molar-refractivity contribution < 1.29 is 29.4 Å². The smallest absolute Gasteiger partial charge is 0.340 e. The van der Waals surface area contributed by atoms with Gasteiger partial charge < -0.3 is 10.2 Å². The third kappa shape index (κ3) is 3.56. The van der Waals surface area contributed by atoms with Crippen LogP contribution in [0, 0.1) is 0 Å². The van der Waals surface area contributed by atoms with Crippen molar-refractivity contribution in [1.82, 2.24) is 5.06 Å². The first-order chi connectivity index (χ1) is 8.56. The molecule has 1 amide bonds. The standard InChI is InChI=1S/C11H11NO6/c13-7-12(9(10(14)15)11(16)17)18-6-8-4-2-1-3-5-8/h1-5,7,9H,6H2,(H,14,15)(H,16,17). The van der Waals surface area contributed by atoms with Crippen LogP contribution >= 0.6 is 0 Å². The lowest BCUT2D eigenvalue weighted by Crippen LogP contribution is -2.45. The van der Waals surface area contributed by atoms with Crippen molar-refractivity contribution in [3.63, 3.8) is 0 Å². The lowest BCUT2D eigenvalue weighted by Gasteiger charge is -2.20. The van der Waals surface area contributed by atoms with Crippen LogP contribution in [-0.2, 0) is 25.8 Å². The summed E-state index contributed by atoms with van der Waals surface area (Å²) in [5.74, 6) is -3.36. The molecule has 1 aromatic carbocycles. The van der Waals surface area contributed by atoms with Gasteiger partial charge in [0.25, 0.3) is 6.04 Å². The molecule has 0 unspecified atom stereocenters. The van der Waals surface area contributed by atoms with Gasteiger partial charge in [-0.2, -0.15) is 5.06 Å². The molecule has 18 heavy (non-hydrogen) atoms. The third-order valence-electron chi connectivity index (χ3n) is 2.05. The third-order valence-corrected chi connectivity index (χ3v) is 2.05. The first kappa shape index (κ1) is 13.7. The summed E-state index contributed by atoms with van der Waals surface area (Å²) in [5, 5.41) is 17.6. The molecule has 0 spiro atoms. The fraction of sp³-hybridized carbons (Fsp3) is 0.182. The predicted octanol–water partition coefficient (Wildman–Crippen LogP) is 0.114. The van der Waals surface area contributed by atoms with E-state index in [1.54, 1.807) is 30.3 Å². The second-order valence-electron chi connectivity index (χ2n) is 3.30. The van der Waals surface area contributed by atoms with Gasteiger partial charge in [-0.15, -0.1) is 0 Å². The van der Waals surface area contributed by atoms with Crippen molar-refractivity contribution in [3.05, 3.63) is 35.9 Å². The molecule has 0 bridgehead atoms. The highest BCUT2D eigenvalue weighted by atomic mass is 16.7. The summed E-state index contributed by atoms with van der Waals surface area (Å²) in [7, 11) is 0. The molecule has 7 nitrogen and oxygen atoms in total. The number of carboxylic acid groups (broad SMARTS) is 2. The highest BCUT2D eigenvalue weighted by Crippen LogP contribution is 2.05. The summed E-state index contributed by atoms with van der Waals surface area (Å²) in [6.07, 6.45) is 0.0237. The van der Waals surface area contributed by atoms with Gasteiger partial charge in [-0.05, 0) is 5.56 Å². The Hall–Kier alpha value is -2.41. The number of nitrogens with zero attached hydrogens (tertiary/aromatic N) is 1. The van der Waals surface area contributed by atoms with Crippen LogP contribution in [0.4, 0.5) is 0 Å². The van der Waals surface area contributed by atoms with Crippen molar-refractivity contribution in [2.45, 2.75) is 12.6 Å². The molecule has 0 atom stereocenters. The summed E-state index contributed by atoms with van der Waals surface area (Å²) in [4.78, 5) is 36.9. The predicted molar refractivity (Wildman–Crippen MR) is 58.2 cm³/mol. The molecule has 0 saturated heterocycles. The van der Waals surface area contributed by atoms with E-state index in [4.69, 9.17) is 15.1 Å². The summed E-state index contributed by atoms with van der Waals surface area (Å²) < 4.78 is 0. The summed E-state index contributed by atoms with van der Waals surface area (Å²) in [6, 6.07) is 6.56. The molecule has 2 N–H and O–H groups in total. The Kier molecular flexibility index (Phi) is 4.82. The minimum Gasteiger partial charge on any atom is -0.479 e. The largest absolute Gasteiger partial charge is 0.479 e. The van der Waals surface area contributed by atoms with Crippen LogP contribution in [0.1, 0.15) is 5.56 Å². The maximum absolute atomic E-state index is 10.7. The van der Waals surface area contributed by atoms with Crippen molar-refractivity contribution in [2.75, 3.05) is 0 Å². The molecule has 0 radical (unpaired) electrons. The Bertz CT molecular complexity index is 418. The Morgan fingerprint density at radius 1 is 1.22 bits per heavy atom. The fourth-order valence-electron chi connectivity index (χ4n) is 1.21. The second kappa shape index (κ2) is 6.36. The van der Waals surface area contributed by atoms with E-state index < -0.39 is 18.0 Å². The van der Waals surface area contributed by atoms with Crippen LogP contribution in [0.3, 0.4) is 0 Å². The molecule has 7 heteroatoms. The number of carboxylic acids is 2. The number of hydroxylamine groups is 2. The van der Waals surface area contributed by atoms with Gasteiger partial charge in [-0.3, -0.25) is 9.63 Å². The molecule has 0 fully saturated rings. The first-order valence-corrected chi connectivity index (χ1v) is 4.92. The topological polar surface area (TPSA) is 104 Å². The van der Waals surface area contributed by atoms with E-state index in [1.807, 2.05) is 0 Å². The minimum atomic E-state index is -2.06. The maximum Gasteiger partial charge on any atom is 0.340 e. The van der Waals surface area contributed by atoms with Gasteiger partial charge in [0.2, 0.25) is 6.41 Å². The van der Waals surface area contributed by atoms with Gasteiger partial charge in [0, 0.05) is 0 Å². The zero-order valence-electron chi connectivity index (χ0n) is 9.22. The molecule has 0 aromatic heterocycles. The van der Waals surface area contributed by atoms with E-state index >= 15 is 0 Å². The van der Waals surface area contributed by atoms with Gasteiger partial charge in [0.1, 0.15) is 6.61 Å². The van der Waals surface area contributed by atoms with Crippen LogP contribution in [0.2, 0.25) is 0 Å². The number of hydrogen-bond acceptors (Lipinski definition) is 4. The molecule has 1 aromatic rings. The van der Waals surface area contributed by atoms with E-state index in [9.17, 15) is 14.4 Å². The fourth-order valence-corrected chi connectivity index (χ4v) is 1.21. The monoisotopic (exact) mass is 253 g/mol. The Balaban J connectivity index is 2.69. The normalized spacial score (nSPS) is 10.1. The van der Waals surface area contributed by atoms with E-state index in [-0.39, 0.29) is 18.1 Å². The number of benzene rings is 1. The molecule has 96 valence electrons. The molecule has 0 aliphatic carbocycles. The van der Waals surface area contributed by atoms with Crippen LogP contribution in [0.15, 0.2) is 30.3 Å². The van der Waals surface area contributed by atoms with E-state index in [0.29, 0.717) is 5.56 Å². The highest BCUT2D eigenvalue weighted by Gasteiger charge is 2.33. The lowest BCUT2D eigenvalue weighted by atomic mass is 10.2. The average Bonchev–Trinajstić information content (AvgIpc) is 2.34. The number of aliphatic carboxylic acids is 2. The molecule has 1 rings (SSSR count). The van der Waals surface area contributed by atoms with Gasteiger partial charge in [0.05, 0.1) is 0 Å². The number of amides is 1. The maximum atomic E-state index is 10.7. The molecule has 0 saturated carbocycles. The van der Waals surface area contributed by atoms with Gasteiger partial charge in [0.15, 0.2) is 0 Å². The Labute approximate surface area is 102 Å². The van der Waals surface area contributed by atoms with Crippen LogP contribution in [-0.4, -0.2) is 39.7 Å². The van der Waals surface area contributed by atoms with Crippen molar-refractivity contribution in [1.29, 1.82) is 0 Å². The average molecular weight is 253 g/mol. The van der Waals surface area contributed by atoms with E-state index in [1.165, 1.54) is 0 Å². The Morgan fingerprint density at radius 3 is 2.22 bits per heavy atom. The Morgan fingerprint density at radius 2 is 1.78 bits per heavy atom. The minimum absolute atomic E-state index is 0.0237.